The number of aryl methyl sites for hydroxylation is 2. The Morgan fingerprint density at radius 3 is 2.82 bits per heavy atom. The van der Waals surface area contributed by atoms with E-state index in [1.54, 1.807) is 11.3 Å². The van der Waals surface area contributed by atoms with Crippen LogP contribution in [0.25, 0.3) is 10.2 Å². The van der Waals surface area contributed by atoms with Crippen molar-refractivity contribution in [3.63, 3.8) is 0 Å². The van der Waals surface area contributed by atoms with E-state index in [0.29, 0.717) is 22.8 Å². The molecular weight excluding hydrogens is 316 g/mol. The van der Waals surface area contributed by atoms with Crippen molar-refractivity contribution in [2.24, 2.45) is 0 Å². The second-order valence-electron chi connectivity index (χ2n) is 5.69. The summed E-state index contributed by atoms with van der Waals surface area (Å²) in [6, 6.07) is 0.351. The quantitative estimate of drug-likeness (QED) is 0.662. The zero-order valence-electron chi connectivity index (χ0n) is 12.8. The van der Waals surface area contributed by atoms with Gasteiger partial charge in [-0.25, -0.2) is 9.97 Å². The molecule has 0 radical (unpaired) electrons. The van der Waals surface area contributed by atoms with Crippen molar-refractivity contribution in [2.75, 3.05) is 11.5 Å². The number of rotatable bonds is 4. The summed E-state index contributed by atoms with van der Waals surface area (Å²) in [7, 11) is 0. The molecule has 0 saturated heterocycles. The highest BCUT2D eigenvalue weighted by Gasteiger charge is 2.18. The molecular formula is C15H20N4OS2. The van der Waals surface area contributed by atoms with E-state index in [-0.39, 0.29) is 5.91 Å². The van der Waals surface area contributed by atoms with Crippen LogP contribution in [0, 0.1) is 13.8 Å². The van der Waals surface area contributed by atoms with Crippen LogP contribution in [-0.2, 0) is 4.79 Å². The number of hydrogen-bond acceptors (Lipinski definition) is 6. The smallest absolute Gasteiger partial charge is 0.230 e. The number of anilines is 1. The van der Waals surface area contributed by atoms with Gasteiger partial charge in [0.1, 0.15) is 10.6 Å². The minimum Gasteiger partial charge on any atom is -0.383 e. The number of nitrogens with one attached hydrogen (secondary N) is 1. The molecule has 0 atom stereocenters. The Balaban J connectivity index is 1.67. The lowest BCUT2D eigenvalue weighted by Crippen LogP contribution is -2.33. The first kappa shape index (κ1) is 15.6. The van der Waals surface area contributed by atoms with Crippen molar-refractivity contribution >= 4 is 45.0 Å². The van der Waals surface area contributed by atoms with Gasteiger partial charge >= 0.3 is 0 Å². The Kier molecular flexibility index (Phi) is 4.54. The van der Waals surface area contributed by atoms with Crippen LogP contribution in [0.3, 0.4) is 0 Å². The number of thiophene rings is 1. The highest BCUT2D eigenvalue weighted by molar-refractivity contribution is 7.99. The molecule has 0 aromatic carbocycles. The number of nitrogens with zero attached hydrogens (tertiary/aromatic N) is 2. The van der Waals surface area contributed by atoms with Crippen molar-refractivity contribution in [1.82, 2.24) is 15.3 Å². The average Bonchev–Trinajstić information content (AvgIpc) is 3.06. The van der Waals surface area contributed by atoms with E-state index in [1.165, 1.54) is 29.5 Å². The zero-order chi connectivity index (χ0) is 15.7. The first-order chi connectivity index (χ1) is 10.5. The first-order valence-electron chi connectivity index (χ1n) is 7.50. The fourth-order valence-corrected chi connectivity index (χ4v) is 4.55. The molecule has 0 unspecified atom stereocenters. The van der Waals surface area contributed by atoms with Crippen LogP contribution in [0.4, 0.5) is 5.82 Å². The van der Waals surface area contributed by atoms with E-state index in [0.717, 1.165) is 28.6 Å². The van der Waals surface area contributed by atoms with Crippen LogP contribution >= 0.6 is 23.1 Å². The lowest BCUT2D eigenvalue weighted by Gasteiger charge is -2.11. The van der Waals surface area contributed by atoms with Crippen molar-refractivity contribution in [3.8, 4) is 0 Å². The third-order valence-electron chi connectivity index (χ3n) is 4.09. The zero-order valence-corrected chi connectivity index (χ0v) is 14.4. The second kappa shape index (κ2) is 6.42. The van der Waals surface area contributed by atoms with Crippen molar-refractivity contribution in [1.29, 1.82) is 0 Å². The molecule has 1 saturated carbocycles. The molecule has 3 N–H and O–H groups in total. The molecule has 1 fully saturated rings. The van der Waals surface area contributed by atoms with E-state index in [1.807, 2.05) is 6.92 Å². The number of carbonyl (C=O) groups excluding carboxylic acids is 1. The summed E-state index contributed by atoms with van der Waals surface area (Å²) in [5.74, 6) is 0.897. The Morgan fingerprint density at radius 1 is 1.36 bits per heavy atom. The molecule has 5 nitrogen and oxygen atoms in total. The number of thioether (sulfide) groups is 1. The lowest BCUT2D eigenvalue weighted by molar-refractivity contribution is -0.119. The SMILES string of the molecule is Cc1sc2nc(SCC(=O)NC3CCCC3)nc(N)c2c1C. The normalized spacial score (nSPS) is 15.5. The predicted octanol–water partition coefficient (Wildman–Crippen LogP) is 3.04. The monoisotopic (exact) mass is 336 g/mol. The number of aromatic nitrogens is 2. The molecule has 1 aliphatic carbocycles. The summed E-state index contributed by atoms with van der Waals surface area (Å²) in [4.78, 5) is 22.9. The summed E-state index contributed by atoms with van der Waals surface area (Å²) in [6.45, 7) is 4.10. The molecule has 2 aromatic heterocycles. The molecule has 1 amide bonds. The highest BCUT2D eigenvalue weighted by Crippen LogP contribution is 2.33. The summed E-state index contributed by atoms with van der Waals surface area (Å²) >= 11 is 2.97. The second-order valence-corrected chi connectivity index (χ2v) is 7.84. The third-order valence-corrected chi connectivity index (χ3v) is 6.04. The number of nitrogen functional groups attached to an aromatic ring is 1. The van der Waals surface area contributed by atoms with E-state index in [2.05, 4.69) is 22.2 Å². The van der Waals surface area contributed by atoms with Crippen molar-refractivity contribution in [3.05, 3.63) is 10.4 Å². The van der Waals surface area contributed by atoms with Crippen LogP contribution in [-0.4, -0.2) is 27.7 Å². The average molecular weight is 336 g/mol. The van der Waals surface area contributed by atoms with Crippen LogP contribution in [0.5, 0.6) is 0 Å². The topological polar surface area (TPSA) is 80.9 Å². The van der Waals surface area contributed by atoms with Gasteiger partial charge in [0.15, 0.2) is 5.16 Å². The summed E-state index contributed by atoms with van der Waals surface area (Å²) in [5, 5.41) is 4.59. The molecule has 0 spiro atoms. The number of nitrogens with two attached hydrogens (primary N) is 1. The fourth-order valence-electron chi connectivity index (χ4n) is 2.79. The Labute approximate surface area is 138 Å². The van der Waals surface area contributed by atoms with Gasteiger partial charge in [-0.1, -0.05) is 24.6 Å². The maximum Gasteiger partial charge on any atom is 0.230 e. The predicted molar refractivity (Wildman–Crippen MR) is 92.4 cm³/mol. The molecule has 7 heteroatoms. The molecule has 0 aliphatic heterocycles. The molecule has 0 bridgehead atoms. The van der Waals surface area contributed by atoms with Crippen LogP contribution in [0.1, 0.15) is 36.1 Å². The summed E-state index contributed by atoms with van der Waals surface area (Å²) in [5.41, 5.74) is 7.20. The van der Waals surface area contributed by atoms with Gasteiger partial charge in [-0.2, -0.15) is 0 Å². The summed E-state index contributed by atoms with van der Waals surface area (Å²) in [6.07, 6.45) is 4.62. The number of fused-ring (bicyclic) bond motifs is 1. The van der Waals surface area contributed by atoms with Crippen LogP contribution in [0.15, 0.2) is 5.16 Å². The van der Waals surface area contributed by atoms with E-state index in [4.69, 9.17) is 5.73 Å². The number of hydrogen-bond donors (Lipinski definition) is 2. The lowest BCUT2D eigenvalue weighted by atomic mass is 10.2. The standard InChI is InChI=1S/C15H20N4OS2/c1-8-9(2)22-14-12(8)13(16)18-15(19-14)21-7-11(20)17-10-5-3-4-6-10/h10H,3-7H2,1-2H3,(H,17,20)(H2,16,18,19). The van der Waals surface area contributed by atoms with Crippen LogP contribution < -0.4 is 11.1 Å². The van der Waals surface area contributed by atoms with E-state index >= 15 is 0 Å². The maximum atomic E-state index is 12.0. The number of amides is 1. The van der Waals surface area contributed by atoms with Gasteiger partial charge in [-0.15, -0.1) is 11.3 Å². The van der Waals surface area contributed by atoms with E-state index < -0.39 is 0 Å². The van der Waals surface area contributed by atoms with Gasteiger partial charge in [0, 0.05) is 10.9 Å². The molecule has 2 heterocycles. The summed E-state index contributed by atoms with van der Waals surface area (Å²) < 4.78 is 0. The Morgan fingerprint density at radius 2 is 2.09 bits per heavy atom. The molecule has 118 valence electrons. The van der Waals surface area contributed by atoms with Crippen molar-refractivity contribution in [2.45, 2.75) is 50.7 Å². The first-order valence-corrected chi connectivity index (χ1v) is 9.30. The number of carbonyl (C=O) groups is 1. The van der Waals surface area contributed by atoms with Gasteiger partial charge < -0.3 is 11.1 Å². The molecule has 2 aromatic rings. The Bertz CT molecular complexity index is 707. The highest BCUT2D eigenvalue weighted by atomic mass is 32.2. The van der Waals surface area contributed by atoms with Crippen LogP contribution in [0.2, 0.25) is 0 Å². The van der Waals surface area contributed by atoms with Gasteiger partial charge in [-0.3, -0.25) is 4.79 Å². The Hall–Kier alpha value is -1.34. The minimum absolute atomic E-state index is 0.0534. The van der Waals surface area contributed by atoms with Gasteiger partial charge in [0.05, 0.1) is 11.1 Å². The van der Waals surface area contributed by atoms with Gasteiger partial charge in [0.2, 0.25) is 5.91 Å². The maximum absolute atomic E-state index is 12.0. The van der Waals surface area contributed by atoms with Gasteiger partial charge in [-0.05, 0) is 32.3 Å². The van der Waals surface area contributed by atoms with E-state index in [9.17, 15) is 4.79 Å². The molecule has 22 heavy (non-hydrogen) atoms. The van der Waals surface area contributed by atoms with Gasteiger partial charge in [0.25, 0.3) is 0 Å². The fraction of sp³-hybridized carbons (Fsp3) is 0.533. The third kappa shape index (κ3) is 3.20. The largest absolute Gasteiger partial charge is 0.383 e. The van der Waals surface area contributed by atoms with Crippen molar-refractivity contribution < 1.29 is 4.79 Å². The molecule has 3 rings (SSSR count). The molecule has 1 aliphatic rings. The minimum atomic E-state index is 0.0534.